The average Bonchev–Trinajstić information content (AvgIpc) is 3.07. The van der Waals surface area contributed by atoms with Crippen LogP contribution in [0.2, 0.25) is 5.02 Å². The van der Waals surface area contributed by atoms with E-state index in [2.05, 4.69) is 20.5 Å². The van der Waals surface area contributed by atoms with Crippen LogP contribution in [-0.2, 0) is 4.79 Å². The number of H-pyrrole nitrogens is 1. The molecule has 6 nitrogen and oxygen atoms in total. The second-order valence-electron chi connectivity index (χ2n) is 4.68. The zero-order valence-corrected chi connectivity index (χ0v) is 12.7. The van der Waals surface area contributed by atoms with Crippen LogP contribution in [0.1, 0.15) is 0 Å². The van der Waals surface area contributed by atoms with Crippen LogP contribution in [0.15, 0.2) is 54.9 Å². The summed E-state index contributed by atoms with van der Waals surface area (Å²) in [5, 5.41) is 9.12. The lowest BCUT2D eigenvalue weighted by Crippen LogP contribution is -2.20. The molecule has 0 aliphatic rings. The van der Waals surface area contributed by atoms with Crippen LogP contribution in [0.4, 0.5) is 5.95 Å². The minimum absolute atomic E-state index is 0.175. The Morgan fingerprint density at radius 3 is 2.70 bits per heavy atom. The van der Waals surface area contributed by atoms with Crippen molar-refractivity contribution in [2.24, 2.45) is 0 Å². The summed E-state index contributed by atoms with van der Waals surface area (Å²) in [6.07, 6.45) is 1.30. The molecule has 0 saturated carbocycles. The standard InChI is InChI=1S/C16H13ClN4O2/c17-13-8-12(11-4-2-1-3-5-11)6-7-14(13)23-9-15(22)20-16-18-10-19-21-16/h1-8,10H,9H2,(H2,18,19,20,21,22). The van der Waals surface area contributed by atoms with Gasteiger partial charge in [0.1, 0.15) is 12.1 Å². The Bertz CT molecular complexity index is 791. The van der Waals surface area contributed by atoms with Crippen LogP contribution in [0.3, 0.4) is 0 Å². The van der Waals surface area contributed by atoms with Gasteiger partial charge in [-0.25, -0.2) is 5.10 Å². The van der Waals surface area contributed by atoms with Gasteiger partial charge in [0.25, 0.3) is 5.91 Å². The zero-order valence-electron chi connectivity index (χ0n) is 12.0. The van der Waals surface area contributed by atoms with Crippen LogP contribution < -0.4 is 10.1 Å². The molecule has 0 spiro atoms. The van der Waals surface area contributed by atoms with Gasteiger partial charge in [-0.15, -0.1) is 0 Å². The number of nitrogens with one attached hydrogen (secondary N) is 2. The average molecular weight is 329 g/mol. The molecule has 0 unspecified atom stereocenters. The van der Waals surface area contributed by atoms with Gasteiger partial charge in [-0.05, 0) is 23.3 Å². The fourth-order valence-corrected chi connectivity index (χ4v) is 2.24. The monoisotopic (exact) mass is 328 g/mol. The Kier molecular flexibility index (Phi) is 4.54. The molecule has 7 heteroatoms. The van der Waals surface area contributed by atoms with E-state index in [1.165, 1.54) is 6.33 Å². The number of rotatable bonds is 5. The van der Waals surface area contributed by atoms with Crippen molar-refractivity contribution < 1.29 is 9.53 Å². The van der Waals surface area contributed by atoms with Crippen molar-refractivity contribution in [3.8, 4) is 16.9 Å². The van der Waals surface area contributed by atoms with Gasteiger partial charge in [-0.1, -0.05) is 48.0 Å². The number of aromatic nitrogens is 3. The number of carbonyl (C=O) groups excluding carboxylic acids is 1. The molecule has 3 rings (SSSR count). The van der Waals surface area contributed by atoms with Gasteiger partial charge in [0, 0.05) is 0 Å². The Morgan fingerprint density at radius 1 is 1.17 bits per heavy atom. The lowest BCUT2D eigenvalue weighted by atomic mass is 10.1. The highest BCUT2D eigenvalue weighted by molar-refractivity contribution is 6.32. The molecule has 0 radical (unpaired) electrons. The van der Waals surface area contributed by atoms with Crippen molar-refractivity contribution in [1.82, 2.24) is 15.2 Å². The molecular formula is C16H13ClN4O2. The summed E-state index contributed by atoms with van der Waals surface area (Å²) in [4.78, 5) is 15.5. The van der Waals surface area contributed by atoms with E-state index in [4.69, 9.17) is 16.3 Å². The summed E-state index contributed by atoms with van der Waals surface area (Å²) in [6, 6.07) is 15.3. The fraction of sp³-hybridized carbons (Fsp3) is 0.0625. The first kappa shape index (κ1) is 15.1. The maximum absolute atomic E-state index is 11.7. The number of nitrogens with zero attached hydrogens (tertiary/aromatic N) is 2. The number of ether oxygens (including phenoxy) is 1. The van der Waals surface area contributed by atoms with Crippen LogP contribution in [0, 0.1) is 0 Å². The van der Waals surface area contributed by atoms with Crippen molar-refractivity contribution in [3.05, 3.63) is 59.9 Å². The van der Waals surface area contributed by atoms with E-state index in [0.29, 0.717) is 10.8 Å². The molecule has 23 heavy (non-hydrogen) atoms. The van der Waals surface area contributed by atoms with Gasteiger partial charge in [0.2, 0.25) is 5.95 Å². The maximum Gasteiger partial charge on any atom is 0.264 e. The smallest absolute Gasteiger partial charge is 0.264 e. The first-order chi connectivity index (χ1) is 11.2. The van der Waals surface area contributed by atoms with Gasteiger partial charge in [0.05, 0.1) is 5.02 Å². The van der Waals surface area contributed by atoms with E-state index in [9.17, 15) is 4.79 Å². The fourth-order valence-electron chi connectivity index (χ4n) is 2.01. The normalized spacial score (nSPS) is 10.3. The van der Waals surface area contributed by atoms with Gasteiger partial charge >= 0.3 is 0 Å². The number of aromatic amines is 1. The van der Waals surface area contributed by atoms with Crippen LogP contribution in [0.25, 0.3) is 11.1 Å². The molecule has 3 aromatic rings. The number of hydrogen-bond donors (Lipinski definition) is 2. The third-order valence-electron chi connectivity index (χ3n) is 3.07. The molecule has 116 valence electrons. The summed E-state index contributed by atoms with van der Waals surface area (Å²) in [5.74, 6) is 0.355. The molecule has 2 N–H and O–H groups in total. The number of hydrogen-bond acceptors (Lipinski definition) is 4. The molecule has 1 heterocycles. The molecule has 0 aliphatic heterocycles. The number of carbonyl (C=O) groups is 1. The summed E-state index contributed by atoms with van der Waals surface area (Å²) < 4.78 is 5.43. The highest BCUT2D eigenvalue weighted by atomic mass is 35.5. The van der Waals surface area contributed by atoms with Crippen LogP contribution in [0.5, 0.6) is 5.75 Å². The SMILES string of the molecule is O=C(COc1ccc(-c2ccccc2)cc1Cl)Nc1ncn[nH]1. The van der Waals surface area contributed by atoms with Crippen molar-refractivity contribution in [2.45, 2.75) is 0 Å². The van der Waals surface area contributed by atoms with Gasteiger partial charge in [0.15, 0.2) is 6.61 Å². The summed E-state index contributed by atoms with van der Waals surface area (Å²) in [6.45, 7) is -0.175. The van der Waals surface area contributed by atoms with Crippen molar-refractivity contribution >= 4 is 23.5 Å². The van der Waals surface area contributed by atoms with Gasteiger partial charge in [-0.3, -0.25) is 10.1 Å². The van der Waals surface area contributed by atoms with E-state index in [1.54, 1.807) is 12.1 Å². The van der Waals surface area contributed by atoms with E-state index in [0.717, 1.165) is 11.1 Å². The van der Waals surface area contributed by atoms with E-state index in [1.807, 2.05) is 36.4 Å². The molecule has 0 saturated heterocycles. The molecule has 1 aromatic heterocycles. The molecule has 2 aromatic carbocycles. The summed E-state index contributed by atoms with van der Waals surface area (Å²) >= 11 is 6.22. The number of amides is 1. The molecule has 1 amide bonds. The van der Waals surface area contributed by atoms with Gasteiger partial charge < -0.3 is 4.74 Å². The highest BCUT2D eigenvalue weighted by Gasteiger charge is 2.09. The number of benzene rings is 2. The largest absolute Gasteiger partial charge is 0.482 e. The van der Waals surface area contributed by atoms with Crippen molar-refractivity contribution in [2.75, 3.05) is 11.9 Å². The molecule has 0 bridgehead atoms. The van der Waals surface area contributed by atoms with Crippen LogP contribution in [-0.4, -0.2) is 27.7 Å². The Morgan fingerprint density at radius 2 is 2.00 bits per heavy atom. The lowest BCUT2D eigenvalue weighted by Gasteiger charge is -2.09. The lowest BCUT2D eigenvalue weighted by molar-refractivity contribution is -0.118. The first-order valence-electron chi connectivity index (χ1n) is 6.85. The summed E-state index contributed by atoms with van der Waals surface area (Å²) in [5.41, 5.74) is 2.04. The maximum atomic E-state index is 11.7. The molecule has 0 atom stereocenters. The first-order valence-corrected chi connectivity index (χ1v) is 7.23. The minimum Gasteiger partial charge on any atom is -0.482 e. The second-order valence-corrected chi connectivity index (χ2v) is 5.09. The zero-order chi connectivity index (χ0) is 16.1. The predicted octanol–water partition coefficient (Wildman–Crippen LogP) is 3.14. The van der Waals surface area contributed by atoms with Gasteiger partial charge in [-0.2, -0.15) is 10.1 Å². The number of halogens is 1. The molecular weight excluding hydrogens is 316 g/mol. The Labute approximate surface area is 137 Å². The third kappa shape index (κ3) is 3.87. The Balaban J connectivity index is 1.63. The Hall–Kier alpha value is -2.86. The quantitative estimate of drug-likeness (QED) is 0.754. The number of anilines is 1. The van der Waals surface area contributed by atoms with Crippen molar-refractivity contribution in [1.29, 1.82) is 0 Å². The van der Waals surface area contributed by atoms with E-state index >= 15 is 0 Å². The molecule has 0 fully saturated rings. The highest BCUT2D eigenvalue weighted by Crippen LogP contribution is 2.30. The minimum atomic E-state index is -0.357. The van der Waals surface area contributed by atoms with E-state index in [-0.39, 0.29) is 18.5 Å². The summed E-state index contributed by atoms with van der Waals surface area (Å²) in [7, 11) is 0. The topological polar surface area (TPSA) is 79.9 Å². The predicted molar refractivity (Wildman–Crippen MR) is 87.4 cm³/mol. The molecule has 0 aliphatic carbocycles. The second kappa shape index (κ2) is 6.93. The van der Waals surface area contributed by atoms with Crippen molar-refractivity contribution in [3.63, 3.8) is 0 Å². The third-order valence-corrected chi connectivity index (χ3v) is 3.37. The van der Waals surface area contributed by atoms with Crippen LogP contribution >= 0.6 is 11.6 Å². The van der Waals surface area contributed by atoms with E-state index < -0.39 is 0 Å².